The molecule has 1 aromatic heterocycles. The molecule has 1 aromatic carbocycles. The molecule has 1 saturated heterocycles. The third-order valence-corrected chi connectivity index (χ3v) is 9.53. The Kier molecular flexibility index (Phi) is 6.58. The van der Waals surface area contributed by atoms with Crippen LogP contribution in [0, 0.1) is 16.0 Å². The van der Waals surface area contributed by atoms with Crippen LogP contribution in [0.3, 0.4) is 0 Å². The number of rotatable bonds is 5. The molecule has 1 fully saturated rings. The number of sulfonamides is 1. The molecule has 2 aliphatic rings. The van der Waals surface area contributed by atoms with Crippen LogP contribution in [0.2, 0.25) is 5.02 Å². The molecule has 2 aliphatic heterocycles. The summed E-state index contributed by atoms with van der Waals surface area (Å²) in [7, 11) is -3.91. The number of thiophene rings is 1. The molecule has 0 radical (unpaired) electrons. The summed E-state index contributed by atoms with van der Waals surface area (Å²) in [6.07, 6.45) is 2.56. The summed E-state index contributed by atoms with van der Waals surface area (Å²) in [5, 5.41) is 13.1. The second-order valence-electron chi connectivity index (χ2n) is 8.05. The average Bonchev–Trinajstić information content (AvgIpc) is 3.27. The molecular weight excluding hydrogens is 474 g/mol. The van der Waals surface area contributed by atoms with Crippen molar-refractivity contribution in [2.24, 2.45) is 5.92 Å². The summed E-state index contributed by atoms with van der Waals surface area (Å²) in [6, 6.07) is 5.68. The third-order valence-electron chi connectivity index (χ3n) is 6.32. The Bertz CT molecular complexity index is 1140. The van der Waals surface area contributed by atoms with Crippen molar-refractivity contribution in [3.05, 3.63) is 55.2 Å². The van der Waals surface area contributed by atoms with Gasteiger partial charge in [0, 0.05) is 36.5 Å². The van der Waals surface area contributed by atoms with E-state index in [0.29, 0.717) is 19.4 Å². The van der Waals surface area contributed by atoms with Crippen molar-refractivity contribution < 1.29 is 18.1 Å². The van der Waals surface area contributed by atoms with Gasteiger partial charge < -0.3 is 4.90 Å². The van der Waals surface area contributed by atoms with Crippen LogP contribution in [-0.4, -0.2) is 48.1 Å². The number of benzene rings is 1. The Morgan fingerprint density at radius 1 is 1.25 bits per heavy atom. The van der Waals surface area contributed by atoms with Crippen LogP contribution in [0.15, 0.2) is 34.5 Å². The Balaban J connectivity index is 1.45. The van der Waals surface area contributed by atoms with E-state index in [4.69, 9.17) is 11.6 Å². The van der Waals surface area contributed by atoms with Crippen molar-refractivity contribution in [2.45, 2.75) is 43.5 Å². The van der Waals surface area contributed by atoms with Gasteiger partial charge in [0.25, 0.3) is 5.69 Å². The number of carbonyl (C=O) groups is 1. The van der Waals surface area contributed by atoms with Gasteiger partial charge in [0.2, 0.25) is 15.9 Å². The number of amides is 1. The van der Waals surface area contributed by atoms with Crippen molar-refractivity contribution in [1.29, 1.82) is 0 Å². The highest BCUT2D eigenvalue weighted by molar-refractivity contribution is 7.89. The number of nitro groups is 1. The number of hydrogen-bond donors (Lipinski definition) is 0. The van der Waals surface area contributed by atoms with Crippen LogP contribution in [0.4, 0.5) is 5.69 Å². The van der Waals surface area contributed by atoms with E-state index >= 15 is 0 Å². The van der Waals surface area contributed by atoms with Gasteiger partial charge in [0.15, 0.2) is 0 Å². The third kappa shape index (κ3) is 4.16. The minimum Gasteiger partial charge on any atom is -0.335 e. The Labute approximate surface area is 196 Å². The first-order valence-electron chi connectivity index (χ1n) is 10.5. The largest absolute Gasteiger partial charge is 0.335 e. The quantitative estimate of drug-likeness (QED) is 0.454. The maximum absolute atomic E-state index is 13.3. The standard InChI is InChI=1S/C21H24ClN3O5S2/c1-2-18-16-8-12-31-20(16)7-11-24(18)21(26)14-5-9-23(10-6-14)32(29,30)15-3-4-17(22)19(13-15)25(27)28/h3-4,8,12-14,18H,2,5-7,9-11H2,1H3/t18-/m0/s1. The highest BCUT2D eigenvalue weighted by Gasteiger charge is 2.38. The van der Waals surface area contributed by atoms with E-state index in [1.165, 1.54) is 26.9 Å². The number of nitrogens with zero attached hydrogens (tertiary/aromatic N) is 3. The summed E-state index contributed by atoms with van der Waals surface area (Å²) >= 11 is 7.55. The molecule has 2 aromatic rings. The Morgan fingerprint density at radius 2 is 1.97 bits per heavy atom. The van der Waals surface area contributed by atoms with E-state index in [9.17, 15) is 23.3 Å². The normalized spacial score (nSPS) is 20.2. The van der Waals surface area contributed by atoms with Crippen LogP contribution >= 0.6 is 22.9 Å². The second kappa shape index (κ2) is 9.09. The van der Waals surface area contributed by atoms with Crippen molar-refractivity contribution in [3.63, 3.8) is 0 Å². The van der Waals surface area contributed by atoms with Crippen LogP contribution in [-0.2, 0) is 21.2 Å². The lowest BCUT2D eigenvalue weighted by atomic mass is 9.92. The molecule has 0 N–H and O–H groups in total. The molecule has 4 rings (SSSR count). The number of hydrogen-bond acceptors (Lipinski definition) is 6. The summed E-state index contributed by atoms with van der Waals surface area (Å²) in [5.74, 6) is -0.136. The van der Waals surface area contributed by atoms with Crippen LogP contribution in [0.5, 0.6) is 0 Å². The minimum absolute atomic E-state index is 0.0777. The lowest BCUT2D eigenvalue weighted by molar-refractivity contribution is -0.384. The first-order valence-corrected chi connectivity index (χ1v) is 13.2. The fourth-order valence-corrected chi connectivity index (χ4v) is 7.22. The molecule has 1 amide bonds. The van der Waals surface area contributed by atoms with E-state index in [2.05, 4.69) is 18.4 Å². The molecule has 3 heterocycles. The van der Waals surface area contributed by atoms with E-state index < -0.39 is 20.6 Å². The monoisotopic (exact) mass is 497 g/mol. The van der Waals surface area contributed by atoms with Gasteiger partial charge in [-0.25, -0.2) is 8.42 Å². The van der Waals surface area contributed by atoms with Crippen molar-refractivity contribution in [2.75, 3.05) is 19.6 Å². The summed E-state index contributed by atoms with van der Waals surface area (Å²) in [5.41, 5.74) is 0.794. The molecule has 8 nitrogen and oxygen atoms in total. The average molecular weight is 498 g/mol. The minimum atomic E-state index is -3.91. The molecule has 11 heteroatoms. The van der Waals surface area contributed by atoms with Crippen molar-refractivity contribution in [3.8, 4) is 0 Å². The summed E-state index contributed by atoms with van der Waals surface area (Å²) in [4.78, 5) is 26.9. The second-order valence-corrected chi connectivity index (χ2v) is 11.4. The highest BCUT2D eigenvalue weighted by Crippen LogP contribution is 2.37. The van der Waals surface area contributed by atoms with Crippen LogP contribution in [0.1, 0.15) is 42.7 Å². The molecular formula is C21H24ClN3O5S2. The van der Waals surface area contributed by atoms with Gasteiger partial charge in [-0.3, -0.25) is 14.9 Å². The van der Waals surface area contributed by atoms with E-state index in [-0.39, 0.29) is 40.9 Å². The van der Waals surface area contributed by atoms with Gasteiger partial charge in [-0.15, -0.1) is 11.3 Å². The molecule has 0 aliphatic carbocycles. The number of halogens is 1. The van der Waals surface area contributed by atoms with Crippen molar-refractivity contribution >= 4 is 44.6 Å². The summed E-state index contributed by atoms with van der Waals surface area (Å²) < 4.78 is 27.3. The predicted octanol–water partition coefficient (Wildman–Crippen LogP) is 4.25. The lowest BCUT2D eigenvalue weighted by Gasteiger charge is -2.39. The molecule has 0 spiro atoms. The van der Waals surface area contributed by atoms with Gasteiger partial charge >= 0.3 is 0 Å². The van der Waals surface area contributed by atoms with E-state index in [0.717, 1.165) is 18.9 Å². The molecule has 0 bridgehead atoms. The number of piperidine rings is 1. The van der Waals surface area contributed by atoms with E-state index in [1.807, 2.05) is 4.90 Å². The first kappa shape index (κ1) is 23.2. The maximum Gasteiger partial charge on any atom is 0.289 e. The molecule has 0 saturated carbocycles. The van der Waals surface area contributed by atoms with Gasteiger partial charge in [-0.2, -0.15) is 4.31 Å². The smallest absolute Gasteiger partial charge is 0.289 e. The first-order chi connectivity index (χ1) is 15.2. The topological polar surface area (TPSA) is 101 Å². The lowest BCUT2D eigenvalue weighted by Crippen LogP contribution is -2.47. The fourth-order valence-electron chi connectivity index (χ4n) is 4.62. The SMILES string of the molecule is CC[C@H]1c2ccsc2CCN1C(=O)C1CCN(S(=O)(=O)c2ccc(Cl)c([N+](=O)[O-])c2)CC1. The fraction of sp³-hybridized carbons (Fsp3) is 0.476. The van der Waals surface area contributed by atoms with Gasteiger partial charge in [-0.05, 0) is 54.8 Å². The molecule has 32 heavy (non-hydrogen) atoms. The Morgan fingerprint density at radius 3 is 2.62 bits per heavy atom. The molecule has 0 unspecified atom stereocenters. The summed E-state index contributed by atoms with van der Waals surface area (Å²) in [6.45, 7) is 3.17. The zero-order valence-electron chi connectivity index (χ0n) is 17.6. The number of carbonyl (C=O) groups excluding carboxylic acids is 1. The van der Waals surface area contributed by atoms with Gasteiger partial charge in [0.1, 0.15) is 5.02 Å². The highest BCUT2D eigenvalue weighted by atomic mass is 35.5. The number of fused-ring (bicyclic) bond motifs is 1. The molecule has 1 atom stereocenters. The number of nitro benzene ring substituents is 1. The van der Waals surface area contributed by atoms with Gasteiger partial charge in [0.05, 0.1) is 15.9 Å². The zero-order chi connectivity index (χ0) is 23.0. The van der Waals surface area contributed by atoms with Crippen molar-refractivity contribution in [1.82, 2.24) is 9.21 Å². The predicted molar refractivity (Wildman–Crippen MR) is 122 cm³/mol. The Hall–Kier alpha value is -2.01. The zero-order valence-corrected chi connectivity index (χ0v) is 20.0. The maximum atomic E-state index is 13.3. The van der Waals surface area contributed by atoms with E-state index in [1.54, 1.807) is 11.3 Å². The van der Waals surface area contributed by atoms with Crippen LogP contribution < -0.4 is 0 Å². The van der Waals surface area contributed by atoms with Gasteiger partial charge in [-0.1, -0.05) is 18.5 Å². The molecule has 172 valence electrons. The van der Waals surface area contributed by atoms with Crippen LogP contribution in [0.25, 0.3) is 0 Å².